The second kappa shape index (κ2) is 6.99. The van der Waals surface area contributed by atoms with Crippen LogP contribution in [-0.2, 0) is 17.8 Å². The molecule has 6 heteroatoms. The van der Waals surface area contributed by atoms with E-state index in [0.717, 1.165) is 16.9 Å². The van der Waals surface area contributed by atoms with Gasteiger partial charge in [-0.25, -0.2) is 4.68 Å². The van der Waals surface area contributed by atoms with Gasteiger partial charge in [0.25, 0.3) is 0 Å². The van der Waals surface area contributed by atoms with E-state index in [2.05, 4.69) is 29.5 Å². The van der Waals surface area contributed by atoms with Crippen LogP contribution in [0.5, 0.6) is 0 Å². The molecule has 1 aromatic carbocycles. The van der Waals surface area contributed by atoms with Gasteiger partial charge in [-0.3, -0.25) is 4.79 Å². The number of anilines is 1. The van der Waals surface area contributed by atoms with Gasteiger partial charge in [-0.05, 0) is 24.1 Å². The summed E-state index contributed by atoms with van der Waals surface area (Å²) in [6.07, 6.45) is 2.42. The molecule has 0 aliphatic heterocycles. The number of benzene rings is 1. The van der Waals surface area contributed by atoms with Crippen molar-refractivity contribution in [2.75, 3.05) is 11.9 Å². The van der Waals surface area contributed by atoms with Crippen molar-refractivity contribution in [3.8, 4) is 0 Å². The van der Waals surface area contributed by atoms with Crippen LogP contribution in [0.25, 0.3) is 0 Å². The fourth-order valence-corrected chi connectivity index (χ4v) is 2.13. The molecule has 0 saturated heterocycles. The maximum Gasteiger partial charge on any atom is 0.246 e. The highest BCUT2D eigenvalue weighted by molar-refractivity contribution is 5.91. The number of carbonyl (C=O) groups is 1. The number of nitrogens with two attached hydrogens (primary N) is 1. The Hall–Kier alpha value is -2.21. The highest BCUT2D eigenvalue weighted by Gasteiger charge is 2.10. The number of rotatable bonds is 6. The lowest BCUT2D eigenvalue weighted by molar-refractivity contribution is -0.116. The number of nitrogens with zero attached hydrogens (tertiary/aromatic N) is 3. The molecule has 6 nitrogen and oxygen atoms in total. The molecule has 0 aliphatic rings. The van der Waals surface area contributed by atoms with Crippen LogP contribution in [0.3, 0.4) is 0 Å². The van der Waals surface area contributed by atoms with Crippen molar-refractivity contribution in [3.05, 3.63) is 41.7 Å². The van der Waals surface area contributed by atoms with Crippen LogP contribution in [0.2, 0.25) is 0 Å². The van der Waals surface area contributed by atoms with Gasteiger partial charge in [0.15, 0.2) is 0 Å². The second-order valence-electron chi connectivity index (χ2n) is 5.24. The summed E-state index contributed by atoms with van der Waals surface area (Å²) in [4.78, 5) is 12.1. The van der Waals surface area contributed by atoms with E-state index < -0.39 is 0 Å². The molecule has 0 atom stereocenters. The molecular weight excluding hydrogens is 266 g/mol. The summed E-state index contributed by atoms with van der Waals surface area (Å²) in [5.74, 6) is 0.233. The lowest BCUT2D eigenvalue weighted by Crippen LogP contribution is -2.20. The smallest absolute Gasteiger partial charge is 0.246 e. The third kappa shape index (κ3) is 4.13. The Labute approximate surface area is 124 Å². The van der Waals surface area contributed by atoms with Crippen molar-refractivity contribution in [1.29, 1.82) is 0 Å². The van der Waals surface area contributed by atoms with Gasteiger partial charge in [0.2, 0.25) is 5.91 Å². The summed E-state index contributed by atoms with van der Waals surface area (Å²) in [6.45, 7) is 4.86. The van der Waals surface area contributed by atoms with E-state index in [1.54, 1.807) is 6.20 Å². The van der Waals surface area contributed by atoms with Crippen LogP contribution in [0.4, 0.5) is 5.69 Å². The maximum atomic E-state index is 12.1. The summed E-state index contributed by atoms with van der Waals surface area (Å²) in [5.41, 5.74) is 8.23. The first-order valence-corrected chi connectivity index (χ1v) is 7.08. The minimum atomic E-state index is -0.118. The predicted octanol–water partition coefficient (Wildman–Crippen LogP) is 1.54. The number of hydrogen-bond acceptors (Lipinski definition) is 4. The molecule has 2 rings (SSSR count). The first kappa shape index (κ1) is 15.2. The Morgan fingerprint density at radius 3 is 2.86 bits per heavy atom. The number of nitrogens with one attached hydrogen (secondary N) is 1. The number of hydrogen-bond donors (Lipinski definition) is 2. The maximum absolute atomic E-state index is 12.1. The number of para-hydroxylation sites is 1. The Morgan fingerprint density at radius 2 is 2.14 bits per heavy atom. The summed E-state index contributed by atoms with van der Waals surface area (Å²) >= 11 is 0. The van der Waals surface area contributed by atoms with Gasteiger partial charge in [-0.15, -0.1) is 5.10 Å². The molecule has 112 valence electrons. The van der Waals surface area contributed by atoms with Gasteiger partial charge in [-0.1, -0.05) is 37.3 Å². The monoisotopic (exact) mass is 287 g/mol. The zero-order valence-corrected chi connectivity index (χ0v) is 12.4. The van der Waals surface area contributed by atoms with E-state index in [9.17, 15) is 4.79 Å². The molecule has 0 spiro atoms. The van der Waals surface area contributed by atoms with Crippen molar-refractivity contribution in [2.24, 2.45) is 5.73 Å². The van der Waals surface area contributed by atoms with Gasteiger partial charge >= 0.3 is 0 Å². The molecule has 0 bridgehead atoms. The molecule has 21 heavy (non-hydrogen) atoms. The lowest BCUT2D eigenvalue weighted by atomic mass is 10.0. The van der Waals surface area contributed by atoms with Crippen molar-refractivity contribution in [1.82, 2.24) is 15.0 Å². The minimum absolute atomic E-state index is 0.118. The summed E-state index contributed by atoms with van der Waals surface area (Å²) in [7, 11) is 0. The van der Waals surface area contributed by atoms with Gasteiger partial charge in [0, 0.05) is 18.3 Å². The lowest BCUT2D eigenvalue weighted by Gasteiger charge is -2.13. The second-order valence-corrected chi connectivity index (χ2v) is 5.24. The van der Waals surface area contributed by atoms with E-state index in [4.69, 9.17) is 5.73 Å². The van der Waals surface area contributed by atoms with E-state index in [1.165, 1.54) is 4.68 Å². The number of amides is 1. The van der Waals surface area contributed by atoms with E-state index >= 15 is 0 Å². The zero-order chi connectivity index (χ0) is 15.2. The molecule has 0 aliphatic carbocycles. The molecule has 0 radical (unpaired) electrons. The first-order valence-electron chi connectivity index (χ1n) is 7.08. The SMILES string of the molecule is CC(C)c1ccccc1NC(=O)Cn1cc(CCN)nn1. The number of carbonyl (C=O) groups excluding carboxylic acids is 1. The summed E-state index contributed by atoms with van der Waals surface area (Å²) < 4.78 is 1.53. The first-order chi connectivity index (χ1) is 10.1. The molecule has 1 amide bonds. The average Bonchev–Trinajstić information content (AvgIpc) is 2.86. The van der Waals surface area contributed by atoms with E-state index in [0.29, 0.717) is 18.9 Å². The third-order valence-corrected chi connectivity index (χ3v) is 3.15. The molecule has 1 heterocycles. The Bertz CT molecular complexity index is 606. The van der Waals surface area contributed by atoms with Crippen LogP contribution in [0, 0.1) is 0 Å². The van der Waals surface area contributed by atoms with Crippen molar-refractivity contribution in [2.45, 2.75) is 32.7 Å². The molecular formula is C15H21N5O. The number of aromatic nitrogens is 3. The van der Waals surface area contributed by atoms with Crippen molar-refractivity contribution < 1.29 is 4.79 Å². The molecule has 0 saturated carbocycles. The van der Waals surface area contributed by atoms with Crippen LogP contribution < -0.4 is 11.1 Å². The van der Waals surface area contributed by atoms with Gasteiger partial charge in [-0.2, -0.15) is 0 Å². The van der Waals surface area contributed by atoms with Crippen LogP contribution in [0.1, 0.15) is 31.0 Å². The standard InChI is InChI=1S/C15H21N5O/c1-11(2)13-5-3-4-6-14(13)17-15(21)10-20-9-12(7-8-16)18-19-20/h3-6,9,11H,7-8,10,16H2,1-2H3,(H,17,21). The molecule has 3 N–H and O–H groups in total. The van der Waals surface area contributed by atoms with Gasteiger partial charge in [0.05, 0.1) is 5.69 Å². The largest absolute Gasteiger partial charge is 0.330 e. The molecule has 0 fully saturated rings. The van der Waals surface area contributed by atoms with Gasteiger partial charge < -0.3 is 11.1 Å². The highest BCUT2D eigenvalue weighted by atomic mass is 16.2. The predicted molar refractivity (Wildman–Crippen MR) is 81.9 cm³/mol. The summed E-state index contributed by atoms with van der Waals surface area (Å²) in [6, 6.07) is 7.82. The van der Waals surface area contributed by atoms with Gasteiger partial charge in [0.1, 0.15) is 6.54 Å². The normalized spacial score (nSPS) is 10.9. The Balaban J connectivity index is 2.01. The van der Waals surface area contributed by atoms with Crippen molar-refractivity contribution >= 4 is 11.6 Å². The third-order valence-electron chi connectivity index (χ3n) is 3.15. The van der Waals surface area contributed by atoms with Crippen LogP contribution in [0.15, 0.2) is 30.5 Å². The van der Waals surface area contributed by atoms with Crippen LogP contribution in [-0.4, -0.2) is 27.4 Å². The zero-order valence-electron chi connectivity index (χ0n) is 12.4. The molecule has 0 unspecified atom stereocenters. The molecule has 2 aromatic rings. The summed E-state index contributed by atoms with van der Waals surface area (Å²) in [5, 5.41) is 10.8. The topological polar surface area (TPSA) is 85.8 Å². The highest BCUT2D eigenvalue weighted by Crippen LogP contribution is 2.23. The van der Waals surface area contributed by atoms with E-state index in [-0.39, 0.29) is 12.5 Å². The fraction of sp³-hybridized carbons (Fsp3) is 0.400. The molecule has 1 aromatic heterocycles. The Kier molecular flexibility index (Phi) is 5.05. The minimum Gasteiger partial charge on any atom is -0.330 e. The quantitative estimate of drug-likeness (QED) is 0.844. The Morgan fingerprint density at radius 1 is 1.38 bits per heavy atom. The fourth-order valence-electron chi connectivity index (χ4n) is 2.13. The van der Waals surface area contributed by atoms with Crippen molar-refractivity contribution in [3.63, 3.8) is 0 Å². The average molecular weight is 287 g/mol. The van der Waals surface area contributed by atoms with E-state index in [1.807, 2.05) is 24.3 Å². The van der Waals surface area contributed by atoms with Crippen LogP contribution >= 0.6 is 0 Å².